The SMILES string of the molecule is O=C(NC12CCC(C(=O)Nc3c(F)cc(F)cc3Cl)(CC1)CC2)c1cnn2cccnc12. The van der Waals surface area contributed by atoms with Gasteiger partial charge in [0.15, 0.2) is 11.5 Å². The van der Waals surface area contributed by atoms with Crippen LogP contribution in [-0.4, -0.2) is 32.0 Å². The highest BCUT2D eigenvalue weighted by Crippen LogP contribution is 2.53. The van der Waals surface area contributed by atoms with E-state index in [4.69, 9.17) is 11.6 Å². The Kier molecular flexibility index (Phi) is 4.88. The van der Waals surface area contributed by atoms with Gasteiger partial charge in [-0.3, -0.25) is 9.59 Å². The summed E-state index contributed by atoms with van der Waals surface area (Å²) >= 11 is 5.93. The lowest BCUT2D eigenvalue weighted by Crippen LogP contribution is -2.59. The van der Waals surface area contributed by atoms with E-state index < -0.39 is 22.6 Å². The summed E-state index contributed by atoms with van der Waals surface area (Å²) in [6.07, 6.45) is 8.35. The Bertz CT molecular complexity index is 1200. The average molecular weight is 460 g/mol. The number of benzene rings is 1. The second-order valence-corrected chi connectivity index (χ2v) is 9.07. The molecule has 3 aromatic rings. The first-order valence-electron chi connectivity index (χ1n) is 10.4. The molecule has 7 nitrogen and oxygen atoms in total. The van der Waals surface area contributed by atoms with Gasteiger partial charge in [0.05, 0.1) is 16.9 Å². The molecule has 0 atom stereocenters. The maximum absolute atomic E-state index is 14.1. The molecule has 2 amide bonds. The normalized spacial score (nSPS) is 24.5. The zero-order valence-corrected chi connectivity index (χ0v) is 17.8. The van der Waals surface area contributed by atoms with Gasteiger partial charge in [-0.15, -0.1) is 0 Å². The topological polar surface area (TPSA) is 88.4 Å². The molecule has 1 aromatic carbocycles. The number of nitrogens with zero attached hydrogens (tertiary/aromatic N) is 3. The number of anilines is 1. The Hall–Kier alpha value is -3.07. The number of rotatable bonds is 4. The summed E-state index contributed by atoms with van der Waals surface area (Å²) in [7, 11) is 0. The van der Waals surface area contributed by atoms with Gasteiger partial charge in [-0.25, -0.2) is 18.3 Å². The first-order valence-corrected chi connectivity index (χ1v) is 10.8. The van der Waals surface area contributed by atoms with Gasteiger partial charge in [-0.2, -0.15) is 5.10 Å². The highest BCUT2D eigenvalue weighted by atomic mass is 35.5. The number of aromatic nitrogens is 3. The van der Waals surface area contributed by atoms with Crippen LogP contribution in [0.3, 0.4) is 0 Å². The van der Waals surface area contributed by atoms with Crippen LogP contribution in [0.4, 0.5) is 14.5 Å². The van der Waals surface area contributed by atoms with Crippen LogP contribution in [0.25, 0.3) is 5.65 Å². The van der Waals surface area contributed by atoms with Crippen LogP contribution in [0.1, 0.15) is 48.9 Å². The molecule has 166 valence electrons. The molecule has 3 aliphatic rings. The summed E-state index contributed by atoms with van der Waals surface area (Å²) in [5.74, 6) is -2.27. The van der Waals surface area contributed by atoms with Crippen LogP contribution < -0.4 is 10.6 Å². The Morgan fingerprint density at radius 2 is 1.81 bits per heavy atom. The number of carbonyl (C=O) groups excluding carboxylic acids is 2. The summed E-state index contributed by atoms with van der Waals surface area (Å²) < 4.78 is 29.0. The molecule has 0 unspecified atom stereocenters. The molecule has 0 aliphatic heterocycles. The number of hydrogen-bond acceptors (Lipinski definition) is 4. The van der Waals surface area contributed by atoms with Crippen molar-refractivity contribution in [3.8, 4) is 0 Å². The molecule has 3 aliphatic carbocycles. The molecule has 10 heteroatoms. The van der Waals surface area contributed by atoms with E-state index in [-0.39, 0.29) is 22.5 Å². The number of nitrogens with one attached hydrogen (secondary N) is 2. The van der Waals surface area contributed by atoms with Crippen molar-refractivity contribution >= 4 is 34.7 Å². The number of carbonyl (C=O) groups is 2. The Morgan fingerprint density at radius 3 is 2.50 bits per heavy atom. The Balaban J connectivity index is 1.29. The third kappa shape index (κ3) is 3.40. The summed E-state index contributed by atoms with van der Waals surface area (Å²) in [5.41, 5.74) is -0.381. The Morgan fingerprint density at radius 1 is 1.09 bits per heavy atom. The standard InChI is InChI=1S/C22H20ClF2N5O2/c23-15-10-13(24)11-16(25)17(15)28-20(32)21-2-5-22(6-3-21,7-4-21)29-19(31)14-12-27-30-9-1-8-26-18(14)30/h1,8-12H,2-7H2,(H,28,32)(H,29,31). The lowest BCUT2D eigenvalue weighted by atomic mass is 9.57. The van der Waals surface area contributed by atoms with E-state index in [9.17, 15) is 18.4 Å². The predicted molar refractivity (Wildman–Crippen MR) is 113 cm³/mol. The summed E-state index contributed by atoms with van der Waals surface area (Å²) in [6, 6.07) is 3.39. The van der Waals surface area contributed by atoms with Crippen LogP contribution in [0, 0.1) is 17.0 Å². The lowest BCUT2D eigenvalue weighted by molar-refractivity contribution is -0.132. The van der Waals surface area contributed by atoms with Crippen molar-refractivity contribution in [2.75, 3.05) is 5.32 Å². The fraction of sp³-hybridized carbons (Fsp3) is 0.364. The summed E-state index contributed by atoms with van der Waals surface area (Å²) in [4.78, 5) is 30.2. The number of amides is 2. The smallest absolute Gasteiger partial charge is 0.257 e. The van der Waals surface area contributed by atoms with Crippen LogP contribution in [0.15, 0.2) is 36.8 Å². The quantitative estimate of drug-likeness (QED) is 0.614. The predicted octanol–water partition coefficient (Wildman–Crippen LogP) is 4.12. The first-order chi connectivity index (χ1) is 15.3. The zero-order valence-electron chi connectivity index (χ0n) is 17.0. The van der Waals surface area contributed by atoms with Crippen molar-refractivity contribution in [3.05, 3.63) is 59.0 Å². The van der Waals surface area contributed by atoms with Gasteiger partial charge >= 0.3 is 0 Å². The third-order valence-electron chi connectivity index (χ3n) is 6.88. The first kappa shape index (κ1) is 20.8. The highest BCUT2D eigenvalue weighted by Gasteiger charge is 2.53. The molecular weight excluding hydrogens is 440 g/mol. The monoisotopic (exact) mass is 459 g/mol. The zero-order chi connectivity index (χ0) is 22.5. The van der Waals surface area contributed by atoms with Crippen LogP contribution in [0.5, 0.6) is 0 Å². The van der Waals surface area contributed by atoms with Crippen LogP contribution in [-0.2, 0) is 4.79 Å². The van der Waals surface area contributed by atoms with Crippen molar-refractivity contribution in [1.82, 2.24) is 19.9 Å². The van der Waals surface area contributed by atoms with Gasteiger partial charge < -0.3 is 10.6 Å². The molecular formula is C22H20ClF2N5O2. The molecule has 0 saturated heterocycles. The van der Waals surface area contributed by atoms with E-state index in [0.717, 1.165) is 6.07 Å². The molecule has 2 heterocycles. The molecule has 6 rings (SSSR count). The number of fused-ring (bicyclic) bond motifs is 4. The molecule has 0 radical (unpaired) electrons. The summed E-state index contributed by atoms with van der Waals surface area (Å²) in [6.45, 7) is 0. The van der Waals surface area contributed by atoms with E-state index in [1.165, 1.54) is 6.20 Å². The summed E-state index contributed by atoms with van der Waals surface area (Å²) in [5, 5.41) is 9.71. The molecule has 0 spiro atoms. The van der Waals surface area contributed by atoms with E-state index in [1.54, 1.807) is 23.0 Å². The minimum atomic E-state index is -0.907. The molecule has 3 fully saturated rings. The van der Waals surface area contributed by atoms with Crippen molar-refractivity contribution in [1.29, 1.82) is 0 Å². The molecule has 32 heavy (non-hydrogen) atoms. The minimum Gasteiger partial charge on any atom is -0.346 e. The van der Waals surface area contributed by atoms with Crippen molar-refractivity contribution in [2.45, 2.75) is 44.1 Å². The van der Waals surface area contributed by atoms with Gasteiger partial charge in [0.25, 0.3) is 5.91 Å². The van der Waals surface area contributed by atoms with Gasteiger partial charge in [-0.05, 0) is 50.7 Å². The fourth-order valence-electron chi connectivity index (χ4n) is 4.92. The van der Waals surface area contributed by atoms with Crippen molar-refractivity contribution in [3.63, 3.8) is 0 Å². The minimum absolute atomic E-state index is 0.178. The van der Waals surface area contributed by atoms with Crippen molar-refractivity contribution in [2.24, 2.45) is 5.41 Å². The fourth-order valence-corrected chi connectivity index (χ4v) is 5.16. The molecule has 2 aromatic heterocycles. The van der Waals surface area contributed by atoms with Gasteiger partial charge in [-0.1, -0.05) is 11.6 Å². The maximum atomic E-state index is 14.1. The Labute approximate surface area is 187 Å². The average Bonchev–Trinajstić information content (AvgIpc) is 3.21. The van der Waals surface area contributed by atoms with Gasteiger partial charge in [0.2, 0.25) is 5.91 Å². The van der Waals surface area contributed by atoms with Gasteiger partial charge in [0.1, 0.15) is 11.4 Å². The number of hydrogen-bond donors (Lipinski definition) is 2. The molecule has 2 N–H and O–H groups in total. The van der Waals surface area contributed by atoms with Crippen molar-refractivity contribution < 1.29 is 18.4 Å². The second kappa shape index (κ2) is 7.51. The maximum Gasteiger partial charge on any atom is 0.257 e. The van der Waals surface area contributed by atoms with E-state index in [1.807, 2.05) is 0 Å². The number of halogens is 3. The van der Waals surface area contributed by atoms with Crippen LogP contribution >= 0.6 is 11.6 Å². The van der Waals surface area contributed by atoms with E-state index >= 15 is 0 Å². The molecule has 3 saturated carbocycles. The molecule has 2 bridgehead atoms. The third-order valence-corrected chi connectivity index (χ3v) is 7.17. The second-order valence-electron chi connectivity index (χ2n) is 8.66. The largest absolute Gasteiger partial charge is 0.346 e. The van der Waals surface area contributed by atoms with Gasteiger partial charge in [0, 0.05) is 29.4 Å². The van der Waals surface area contributed by atoms with E-state index in [2.05, 4.69) is 20.7 Å². The lowest BCUT2D eigenvalue weighted by Gasteiger charge is -2.52. The van der Waals surface area contributed by atoms with E-state index in [0.29, 0.717) is 55.8 Å². The highest BCUT2D eigenvalue weighted by molar-refractivity contribution is 6.33. The van der Waals surface area contributed by atoms with Crippen LogP contribution in [0.2, 0.25) is 5.02 Å².